The standard InChI is InChI=1S/C19H19N7O2S/c20-9-12(10-21)14-2-1-3-15(24-14)18(27)23-13-8-16-17(22-11-13)25-19(29-16)26-4-6-28-7-5-26/h1-3,8-11,20H,4-7,21H2,(H,23,27)/b12-10+,20-9?. The number of amides is 1. The Hall–Kier alpha value is -3.37. The van der Waals surface area contributed by atoms with Gasteiger partial charge in [-0.1, -0.05) is 17.4 Å². The third-order valence-corrected chi connectivity index (χ3v) is 5.44. The highest BCUT2D eigenvalue weighted by Gasteiger charge is 2.17. The van der Waals surface area contributed by atoms with Crippen molar-refractivity contribution in [3.8, 4) is 0 Å². The fourth-order valence-corrected chi connectivity index (χ4v) is 3.91. The highest BCUT2D eigenvalue weighted by atomic mass is 32.1. The molecule has 148 valence electrons. The molecule has 1 amide bonds. The van der Waals surface area contributed by atoms with Crippen LogP contribution in [0, 0.1) is 5.41 Å². The normalized spacial score (nSPS) is 14.8. The average molecular weight is 409 g/mol. The number of allylic oxidation sites excluding steroid dienone is 1. The molecule has 3 aromatic rings. The number of carbonyl (C=O) groups excluding carboxylic acids is 1. The van der Waals surface area contributed by atoms with Crippen LogP contribution in [0.3, 0.4) is 0 Å². The van der Waals surface area contributed by atoms with Crippen LogP contribution in [0.5, 0.6) is 0 Å². The molecule has 0 spiro atoms. The summed E-state index contributed by atoms with van der Waals surface area (Å²) < 4.78 is 6.27. The lowest BCUT2D eigenvalue weighted by atomic mass is 10.2. The van der Waals surface area contributed by atoms with Gasteiger partial charge in [0.2, 0.25) is 0 Å². The predicted octanol–water partition coefficient (Wildman–Crippen LogP) is 2.12. The first-order valence-corrected chi connectivity index (χ1v) is 9.80. The van der Waals surface area contributed by atoms with Gasteiger partial charge in [0.25, 0.3) is 5.91 Å². The summed E-state index contributed by atoms with van der Waals surface area (Å²) in [4.78, 5) is 28.0. The van der Waals surface area contributed by atoms with Gasteiger partial charge >= 0.3 is 0 Å². The molecular weight excluding hydrogens is 390 g/mol. The summed E-state index contributed by atoms with van der Waals surface area (Å²) >= 11 is 1.54. The van der Waals surface area contributed by atoms with Gasteiger partial charge < -0.3 is 26.1 Å². The van der Waals surface area contributed by atoms with Gasteiger partial charge in [0, 0.05) is 31.1 Å². The second kappa shape index (κ2) is 8.33. The Morgan fingerprint density at radius 2 is 2.07 bits per heavy atom. The second-order valence-corrected chi connectivity index (χ2v) is 7.28. The van der Waals surface area contributed by atoms with Gasteiger partial charge in [-0.05, 0) is 18.2 Å². The molecule has 0 bridgehead atoms. The minimum absolute atomic E-state index is 0.224. The molecule has 0 aromatic carbocycles. The van der Waals surface area contributed by atoms with E-state index in [0.717, 1.165) is 29.1 Å². The van der Waals surface area contributed by atoms with Crippen molar-refractivity contribution in [2.45, 2.75) is 0 Å². The van der Waals surface area contributed by atoms with Crippen LogP contribution in [0.2, 0.25) is 0 Å². The first-order chi connectivity index (χ1) is 14.2. The van der Waals surface area contributed by atoms with E-state index in [2.05, 4.69) is 25.2 Å². The van der Waals surface area contributed by atoms with Gasteiger partial charge in [-0.3, -0.25) is 4.79 Å². The first-order valence-electron chi connectivity index (χ1n) is 8.98. The number of nitrogens with zero attached hydrogens (tertiary/aromatic N) is 4. The number of carbonyl (C=O) groups is 1. The van der Waals surface area contributed by atoms with E-state index >= 15 is 0 Å². The van der Waals surface area contributed by atoms with E-state index in [0.29, 0.717) is 35.8 Å². The van der Waals surface area contributed by atoms with Crippen molar-refractivity contribution < 1.29 is 9.53 Å². The maximum absolute atomic E-state index is 12.6. The molecule has 3 aromatic heterocycles. The maximum Gasteiger partial charge on any atom is 0.274 e. The Kier molecular flexibility index (Phi) is 5.45. The summed E-state index contributed by atoms with van der Waals surface area (Å²) in [5.74, 6) is -0.368. The molecule has 4 heterocycles. The molecule has 4 rings (SSSR count). The fourth-order valence-electron chi connectivity index (χ4n) is 2.89. The largest absolute Gasteiger partial charge is 0.404 e. The number of nitrogens with one attached hydrogen (secondary N) is 2. The zero-order valence-corrected chi connectivity index (χ0v) is 16.3. The van der Waals surface area contributed by atoms with Crippen molar-refractivity contribution in [1.82, 2.24) is 15.0 Å². The maximum atomic E-state index is 12.6. The van der Waals surface area contributed by atoms with Crippen molar-refractivity contribution in [3.05, 3.63) is 48.1 Å². The van der Waals surface area contributed by atoms with Crippen LogP contribution in [0.25, 0.3) is 15.9 Å². The number of hydrogen-bond acceptors (Lipinski definition) is 9. The highest BCUT2D eigenvalue weighted by molar-refractivity contribution is 7.22. The van der Waals surface area contributed by atoms with Crippen molar-refractivity contribution in [2.24, 2.45) is 5.73 Å². The zero-order chi connectivity index (χ0) is 20.2. The molecule has 0 unspecified atom stereocenters. The van der Waals surface area contributed by atoms with Gasteiger partial charge in [-0.15, -0.1) is 0 Å². The summed E-state index contributed by atoms with van der Waals surface area (Å²) in [5, 5.41) is 11.1. The highest BCUT2D eigenvalue weighted by Crippen LogP contribution is 2.29. The van der Waals surface area contributed by atoms with E-state index < -0.39 is 0 Å². The van der Waals surface area contributed by atoms with E-state index in [4.69, 9.17) is 15.9 Å². The molecule has 0 atom stereocenters. The molecule has 1 aliphatic rings. The second-order valence-electron chi connectivity index (χ2n) is 6.27. The number of thiazole rings is 1. The van der Waals surface area contributed by atoms with Crippen molar-refractivity contribution in [1.29, 1.82) is 5.41 Å². The predicted molar refractivity (Wildman–Crippen MR) is 114 cm³/mol. The van der Waals surface area contributed by atoms with Gasteiger partial charge in [0.1, 0.15) is 5.69 Å². The summed E-state index contributed by atoms with van der Waals surface area (Å²) in [6.07, 6.45) is 3.96. The molecular formula is C19H19N7O2S. The lowest BCUT2D eigenvalue weighted by molar-refractivity contribution is 0.102. The van der Waals surface area contributed by atoms with Crippen LogP contribution >= 0.6 is 11.3 Å². The summed E-state index contributed by atoms with van der Waals surface area (Å²) in [7, 11) is 0. The fraction of sp³-hybridized carbons (Fsp3) is 0.211. The Morgan fingerprint density at radius 3 is 2.83 bits per heavy atom. The van der Waals surface area contributed by atoms with E-state index in [1.54, 1.807) is 24.4 Å². The number of ether oxygens (including phenoxy) is 1. The lowest BCUT2D eigenvalue weighted by Crippen LogP contribution is -2.36. The molecule has 10 heteroatoms. The van der Waals surface area contributed by atoms with E-state index in [1.807, 2.05) is 6.07 Å². The monoisotopic (exact) mass is 409 g/mol. The number of rotatable bonds is 5. The quantitative estimate of drug-likeness (QED) is 0.550. The van der Waals surface area contributed by atoms with Gasteiger partial charge in [0.05, 0.1) is 35.5 Å². The van der Waals surface area contributed by atoms with Crippen molar-refractivity contribution in [2.75, 3.05) is 36.5 Å². The van der Waals surface area contributed by atoms with E-state index in [9.17, 15) is 4.79 Å². The minimum Gasteiger partial charge on any atom is -0.404 e. The number of nitrogens with two attached hydrogens (primary N) is 1. The molecule has 1 fully saturated rings. The number of aromatic nitrogens is 3. The molecule has 29 heavy (non-hydrogen) atoms. The summed E-state index contributed by atoms with van der Waals surface area (Å²) in [6.45, 7) is 2.99. The van der Waals surface area contributed by atoms with Crippen LogP contribution in [0.4, 0.5) is 10.8 Å². The number of anilines is 2. The molecule has 1 saturated heterocycles. The first kappa shape index (κ1) is 19.0. The Labute approximate surface area is 170 Å². The Balaban J connectivity index is 1.53. The summed E-state index contributed by atoms with van der Waals surface area (Å²) in [6, 6.07) is 6.85. The van der Waals surface area contributed by atoms with Crippen molar-refractivity contribution >= 4 is 50.2 Å². The van der Waals surface area contributed by atoms with Crippen molar-refractivity contribution in [3.63, 3.8) is 0 Å². The van der Waals surface area contributed by atoms with Crippen LogP contribution in [0.1, 0.15) is 16.2 Å². The van der Waals surface area contributed by atoms with E-state index in [-0.39, 0.29) is 11.6 Å². The lowest BCUT2D eigenvalue weighted by Gasteiger charge is -2.25. The van der Waals surface area contributed by atoms with Gasteiger partial charge in [0.15, 0.2) is 10.8 Å². The summed E-state index contributed by atoms with van der Waals surface area (Å²) in [5.41, 5.74) is 7.83. The topological polar surface area (TPSA) is 130 Å². The van der Waals surface area contributed by atoms with Crippen LogP contribution in [0.15, 0.2) is 36.7 Å². The van der Waals surface area contributed by atoms with Gasteiger partial charge in [-0.2, -0.15) is 4.98 Å². The molecule has 1 aliphatic heterocycles. The number of fused-ring (bicyclic) bond motifs is 1. The Morgan fingerprint density at radius 1 is 1.28 bits per heavy atom. The Bertz CT molecular complexity index is 1090. The average Bonchev–Trinajstić information content (AvgIpc) is 3.19. The third-order valence-electron chi connectivity index (χ3n) is 4.39. The zero-order valence-electron chi connectivity index (χ0n) is 15.5. The smallest absolute Gasteiger partial charge is 0.274 e. The van der Waals surface area contributed by atoms with E-state index in [1.165, 1.54) is 17.5 Å². The number of hydrogen-bond donors (Lipinski definition) is 3. The molecule has 0 saturated carbocycles. The van der Waals surface area contributed by atoms with Crippen LogP contribution in [-0.4, -0.2) is 53.4 Å². The number of morpholine rings is 1. The third kappa shape index (κ3) is 4.08. The molecule has 0 aliphatic carbocycles. The molecule has 9 nitrogen and oxygen atoms in total. The minimum atomic E-state index is -0.368. The SMILES string of the molecule is N=C/C(=C\N)c1cccc(C(=O)Nc2cnc3nc(N4CCOCC4)sc3c2)n1. The van der Waals surface area contributed by atoms with Crippen LogP contribution in [-0.2, 0) is 4.74 Å². The molecule has 0 radical (unpaired) electrons. The number of pyridine rings is 2. The van der Waals surface area contributed by atoms with Crippen LogP contribution < -0.4 is 16.0 Å². The molecule has 4 N–H and O–H groups in total. The van der Waals surface area contributed by atoms with Gasteiger partial charge in [-0.25, -0.2) is 9.97 Å².